The van der Waals surface area contributed by atoms with Crippen molar-refractivity contribution in [2.24, 2.45) is 0 Å². The molecule has 2 amide bonds. The molecule has 4 rings (SSSR count). The summed E-state index contributed by atoms with van der Waals surface area (Å²) in [5.74, 6) is -1.72. The highest BCUT2D eigenvalue weighted by Crippen LogP contribution is 2.24. The standard InChI is InChI=1S/C25H21ClN4O5S/c1-3-12-35-24(34)15-4-8-17(9-5-15)29-23(33)21-20(22(32)28-18-10-6-16(26)7-11-18)30-19(31)13-14(2)27-25(30)36-21/h4-11,13H,3,12H2,1-2H3,(H,28,32)(H,29,33). The number of hydrogen-bond donors (Lipinski definition) is 2. The van der Waals surface area contributed by atoms with Crippen molar-refractivity contribution < 1.29 is 19.1 Å². The number of amides is 2. The Balaban J connectivity index is 1.66. The first kappa shape index (κ1) is 25.1. The third-order valence-corrected chi connectivity index (χ3v) is 6.28. The second kappa shape index (κ2) is 10.7. The van der Waals surface area contributed by atoms with Gasteiger partial charge in [0.1, 0.15) is 10.6 Å². The Morgan fingerprint density at radius 1 is 1.00 bits per heavy atom. The highest BCUT2D eigenvalue weighted by Gasteiger charge is 2.26. The average Bonchev–Trinajstić information content (AvgIpc) is 3.24. The van der Waals surface area contributed by atoms with Crippen LogP contribution in [0.25, 0.3) is 4.96 Å². The van der Waals surface area contributed by atoms with Crippen molar-refractivity contribution in [1.29, 1.82) is 0 Å². The number of halogens is 1. The number of thiazole rings is 1. The van der Waals surface area contributed by atoms with Gasteiger partial charge in [0.25, 0.3) is 17.4 Å². The van der Waals surface area contributed by atoms with E-state index in [0.29, 0.717) is 40.7 Å². The van der Waals surface area contributed by atoms with Crippen LogP contribution < -0.4 is 16.2 Å². The van der Waals surface area contributed by atoms with Crippen LogP contribution >= 0.6 is 22.9 Å². The maximum Gasteiger partial charge on any atom is 0.338 e. The van der Waals surface area contributed by atoms with E-state index in [1.165, 1.54) is 18.2 Å². The van der Waals surface area contributed by atoms with Gasteiger partial charge in [-0.3, -0.25) is 14.4 Å². The molecule has 0 radical (unpaired) electrons. The minimum atomic E-state index is -0.657. The number of benzene rings is 2. The van der Waals surface area contributed by atoms with E-state index < -0.39 is 23.3 Å². The lowest BCUT2D eigenvalue weighted by Crippen LogP contribution is -2.25. The van der Waals surface area contributed by atoms with E-state index in [2.05, 4.69) is 15.6 Å². The number of fused-ring (bicyclic) bond motifs is 1. The van der Waals surface area contributed by atoms with Crippen LogP contribution in [0.2, 0.25) is 5.02 Å². The number of carbonyl (C=O) groups excluding carboxylic acids is 3. The van der Waals surface area contributed by atoms with Crippen LogP contribution in [0.15, 0.2) is 59.4 Å². The predicted molar refractivity (Wildman–Crippen MR) is 138 cm³/mol. The molecule has 0 unspecified atom stereocenters. The Morgan fingerprint density at radius 2 is 1.61 bits per heavy atom. The van der Waals surface area contributed by atoms with E-state index in [0.717, 1.165) is 15.7 Å². The topological polar surface area (TPSA) is 119 Å². The number of anilines is 2. The van der Waals surface area contributed by atoms with Crippen LogP contribution in [0.3, 0.4) is 0 Å². The fourth-order valence-corrected chi connectivity index (χ4v) is 4.52. The minimum absolute atomic E-state index is 0.00287. The van der Waals surface area contributed by atoms with Gasteiger partial charge in [0.15, 0.2) is 4.96 Å². The summed E-state index contributed by atoms with van der Waals surface area (Å²) >= 11 is 6.83. The van der Waals surface area contributed by atoms with Gasteiger partial charge in [0.05, 0.1) is 12.2 Å². The van der Waals surface area contributed by atoms with Crippen LogP contribution in [0, 0.1) is 6.92 Å². The van der Waals surface area contributed by atoms with Gasteiger partial charge in [-0.2, -0.15) is 0 Å². The Bertz CT molecular complexity index is 1510. The molecule has 4 aromatic rings. The van der Waals surface area contributed by atoms with Gasteiger partial charge in [0, 0.05) is 28.2 Å². The molecule has 0 aliphatic rings. The van der Waals surface area contributed by atoms with Gasteiger partial charge in [-0.15, -0.1) is 0 Å². The summed E-state index contributed by atoms with van der Waals surface area (Å²) in [7, 11) is 0. The molecule has 2 N–H and O–H groups in total. The number of esters is 1. The molecule has 0 fully saturated rings. The second-order valence-corrected chi connectivity index (χ2v) is 9.18. The first-order valence-corrected chi connectivity index (χ1v) is 12.1. The quantitative estimate of drug-likeness (QED) is 0.335. The summed E-state index contributed by atoms with van der Waals surface area (Å²) in [6.07, 6.45) is 0.709. The van der Waals surface area contributed by atoms with Crippen molar-refractivity contribution in [3.05, 3.63) is 91.8 Å². The largest absolute Gasteiger partial charge is 0.462 e. The normalized spacial score (nSPS) is 10.8. The van der Waals surface area contributed by atoms with Gasteiger partial charge >= 0.3 is 5.97 Å². The van der Waals surface area contributed by atoms with Crippen LogP contribution in [0.1, 0.15) is 49.6 Å². The monoisotopic (exact) mass is 524 g/mol. The Labute approximate surface area is 214 Å². The molecule has 36 heavy (non-hydrogen) atoms. The van der Waals surface area contributed by atoms with Gasteiger partial charge in [-0.25, -0.2) is 14.2 Å². The Hall–Kier alpha value is -4.02. The predicted octanol–water partition coefficient (Wildman–Crippen LogP) is 4.79. The third kappa shape index (κ3) is 5.45. The molecular weight excluding hydrogens is 504 g/mol. The molecule has 0 aliphatic heterocycles. The van der Waals surface area contributed by atoms with Gasteiger partial charge in [-0.05, 0) is 61.9 Å². The lowest BCUT2D eigenvalue weighted by molar-refractivity contribution is 0.0505. The zero-order chi connectivity index (χ0) is 25.8. The molecule has 0 bridgehead atoms. The number of carbonyl (C=O) groups is 3. The van der Waals surface area contributed by atoms with Crippen LogP contribution in [0.4, 0.5) is 11.4 Å². The van der Waals surface area contributed by atoms with Crippen molar-refractivity contribution in [2.75, 3.05) is 17.2 Å². The van der Waals surface area contributed by atoms with E-state index in [4.69, 9.17) is 16.3 Å². The fourth-order valence-electron chi connectivity index (χ4n) is 3.32. The summed E-state index contributed by atoms with van der Waals surface area (Å²) < 4.78 is 6.22. The summed E-state index contributed by atoms with van der Waals surface area (Å²) in [4.78, 5) is 55.8. The number of nitrogens with one attached hydrogen (secondary N) is 2. The second-order valence-electron chi connectivity index (χ2n) is 7.76. The molecule has 0 aliphatic carbocycles. The van der Waals surface area contributed by atoms with Gasteiger partial charge in [0.2, 0.25) is 0 Å². The van der Waals surface area contributed by atoms with E-state index in [-0.39, 0.29) is 15.5 Å². The smallest absolute Gasteiger partial charge is 0.338 e. The maximum atomic E-state index is 13.2. The first-order valence-electron chi connectivity index (χ1n) is 11.0. The van der Waals surface area contributed by atoms with Gasteiger partial charge in [-0.1, -0.05) is 29.9 Å². The highest BCUT2D eigenvalue weighted by molar-refractivity contribution is 7.19. The summed E-state index contributed by atoms with van der Waals surface area (Å²) in [5.41, 5.74) is 1.02. The third-order valence-electron chi connectivity index (χ3n) is 4.99. The lowest BCUT2D eigenvalue weighted by atomic mass is 10.2. The van der Waals surface area contributed by atoms with E-state index in [1.807, 2.05) is 6.92 Å². The SMILES string of the molecule is CCCOC(=O)c1ccc(NC(=O)c2sc3nc(C)cc(=O)n3c2C(=O)Nc2ccc(Cl)cc2)cc1. The molecule has 11 heteroatoms. The number of nitrogens with zero attached hydrogens (tertiary/aromatic N) is 2. The zero-order valence-corrected chi connectivity index (χ0v) is 20.9. The Morgan fingerprint density at radius 3 is 2.25 bits per heavy atom. The molecule has 0 atom stereocenters. The van der Waals surface area contributed by atoms with Crippen molar-refractivity contribution in [1.82, 2.24) is 9.38 Å². The van der Waals surface area contributed by atoms with Crippen molar-refractivity contribution in [3.8, 4) is 0 Å². The molecule has 0 spiro atoms. The lowest BCUT2D eigenvalue weighted by Gasteiger charge is -2.09. The highest BCUT2D eigenvalue weighted by atomic mass is 35.5. The van der Waals surface area contributed by atoms with Crippen LogP contribution in [0.5, 0.6) is 0 Å². The van der Waals surface area contributed by atoms with Crippen molar-refractivity contribution in [2.45, 2.75) is 20.3 Å². The minimum Gasteiger partial charge on any atom is -0.462 e. The fraction of sp³-hybridized carbons (Fsp3) is 0.160. The number of rotatable bonds is 7. The van der Waals surface area contributed by atoms with E-state index in [1.54, 1.807) is 43.3 Å². The summed E-state index contributed by atoms with van der Waals surface area (Å²) in [6.45, 7) is 3.87. The number of hydrogen-bond acceptors (Lipinski definition) is 7. The average molecular weight is 525 g/mol. The maximum absolute atomic E-state index is 13.2. The summed E-state index contributed by atoms with van der Waals surface area (Å²) in [6, 6.07) is 13.9. The molecule has 2 aromatic carbocycles. The van der Waals surface area contributed by atoms with Gasteiger partial charge < -0.3 is 15.4 Å². The molecule has 0 saturated heterocycles. The van der Waals surface area contributed by atoms with Crippen molar-refractivity contribution in [3.63, 3.8) is 0 Å². The number of aromatic nitrogens is 2. The molecule has 2 aromatic heterocycles. The van der Waals surface area contributed by atoms with Crippen molar-refractivity contribution >= 4 is 57.1 Å². The van der Waals surface area contributed by atoms with Crippen LogP contribution in [-0.2, 0) is 4.74 Å². The zero-order valence-electron chi connectivity index (χ0n) is 19.3. The molecule has 0 saturated carbocycles. The van der Waals surface area contributed by atoms with E-state index in [9.17, 15) is 19.2 Å². The summed E-state index contributed by atoms with van der Waals surface area (Å²) in [5, 5.41) is 5.89. The van der Waals surface area contributed by atoms with E-state index >= 15 is 0 Å². The molecule has 2 heterocycles. The number of ether oxygens (including phenoxy) is 1. The molecule has 9 nitrogen and oxygen atoms in total. The first-order chi connectivity index (χ1) is 17.3. The Kier molecular flexibility index (Phi) is 7.47. The molecule has 184 valence electrons. The molecular formula is C25H21ClN4O5S. The number of aryl methyl sites for hydroxylation is 1. The van der Waals surface area contributed by atoms with Crippen LogP contribution in [-0.4, -0.2) is 33.8 Å².